The molecule has 1 fully saturated rings. The number of aliphatic carboxylic acids is 1. The first kappa shape index (κ1) is 16.9. The number of nitrogens with one attached hydrogen (secondary N) is 1. The van der Waals surface area contributed by atoms with E-state index in [1.807, 2.05) is 18.2 Å². The Kier molecular flexibility index (Phi) is 5.32. The molecule has 0 spiro atoms. The molecule has 0 saturated carbocycles. The first-order valence-electron chi connectivity index (χ1n) is 6.73. The van der Waals surface area contributed by atoms with E-state index in [1.54, 1.807) is 0 Å². The van der Waals surface area contributed by atoms with Gasteiger partial charge in [0.05, 0.1) is 5.92 Å². The van der Waals surface area contributed by atoms with E-state index in [0.717, 1.165) is 31.2 Å². The lowest BCUT2D eigenvalue weighted by molar-refractivity contribution is -0.192. The van der Waals surface area contributed by atoms with Gasteiger partial charge in [-0.25, -0.2) is 4.79 Å². The van der Waals surface area contributed by atoms with Crippen LogP contribution in [0, 0.1) is 0 Å². The summed E-state index contributed by atoms with van der Waals surface area (Å²) in [6, 6.07) is 10.2. The smallest absolute Gasteiger partial charge is 0.475 e. The summed E-state index contributed by atoms with van der Waals surface area (Å²) in [5.41, 5.74) is 1.21. The molecule has 0 amide bonds. The summed E-state index contributed by atoms with van der Waals surface area (Å²) in [5, 5.41) is 14.3. The third-order valence-electron chi connectivity index (χ3n) is 3.06. The minimum atomic E-state index is -5.08. The molecule has 1 aromatic carbocycles. The molecule has 2 heterocycles. The predicted octanol–water partition coefficient (Wildman–Crippen LogP) is 1.98. The Labute approximate surface area is 129 Å². The van der Waals surface area contributed by atoms with E-state index >= 15 is 0 Å². The quantitative estimate of drug-likeness (QED) is 0.895. The van der Waals surface area contributed by atoms with Gasteiger partial charge in [-0.2, -0.15) is 18.2 Å². The average Bonchev–Trinajstić information content (AvgIpc) is 2.85. The minimum Gasteiger partial charge on any atom is -0.475 e. The number of benzene rings is 1. The Morgan fingerprint density at radius 2 is 1.91 bits per heavy atom. The molecule has 1 aliphatic heterocycles. The molecular formula is C14H14F3N3O3. The number of nitrogens with zero attached hydrogens (tertiary/aromatic N) is 2. The summed E-state index contributed by atoms with van der Waals surface area (Å²) in [7, 11) is 0. The van der Waals surface area contributed by atoms with Gasteiger partial charge in [0.2, 0.25) is 5.89 Å². The predicted molar refractivity (Wildman–Crippen MR) is 72.8 cm³/mol. The van der Waals surface area contributed by atoms with Crippen molar-refractivity contribution in [1.82, 2.24) is 15.5 Å². The van der Waals surface area contributed by atoms with E-state index in [2.05, 4.69) is 27.6 Å². The van der Waals surface area contributed by atoms with Gasteiger partial charge in [0, 0.05) is 19.5 Å². The van der Waals surface area contributed by atoms with Crippen LogP contribution in [0.2, 0.25) is 0 Å². The summed E-state index contributed by atoms with van der Waals surface area (Å²) in [6.07, 6.45) is -4.34. The molecule has 0 aliphatic carbocycles. The highest BCUT2D eigenvalue weighted by Crippen LogP contribution is 2.18. The van der Waals surface area contributed by atoms with Crippen LogP contribution in [-0.4, -0.2) is 40.5 Å². The summed E-state index contributed by atoms with van der Waals surface area (Å²) in [5.74, 6) is -0.803. The van der Waals surface area contributed by atoms with Crippen LogP contribution in [0.4, 0.5) is 13.2 Å². The zero-order valence-electron chi connectivity index (χ0n) is 11.9. The van der Waals surface area contributed by atoms with E-state index in [4.69, 9.17) is 14.4 Å². The maximum Gasteiger partial charge on any atom is 0.490 e. The van der Waals surface area contributed by atoms with Crippen molar-refractivity contribution >= 4 is 5.97 Å². The summed E-state index contributed by atoms with van der Waals surface area (Å²) in [6.45, 7) is 1.90. The Bertz CT molecular complexity index is 639. The highest BCUT2D eigenvalue weighted by atomic mass is 19.4. The third-order valence-corrected chi connectivity index (χ3v) is 3.06. The van der Waals surface area contributed by atoms with Gasteiger partial charge in [0.25, 0.3) is 0 Å². The van der Waals surface area contributed by atoms with Gasteiger partial charge in [-0.3, -0.25) is 0 Å². The Morgan fingerprint density at radius 1 is 1.30 bits per heavy atom. The Balaban J connectivity index is 0.000000236. The fourth-order valence-corrected chi connectivity index (χ4v) is 1.75. The maximum absolute atomic E-state index is 10.6. The Morgan fingerprint density at radius 3 is 2.39 bits per heavy atom. The number of halogens is 3. The number of carbonyl (C=O) groups is 1. The normalized spacial score (nSPS) is 14.6. The molecule has 0 atom stereocenters. The lowest BCUT2D eigenvalue weighted by Gasteiger charge is -2.22. The maximum atomic E-state index is 10.6. The van der Waals surface area contributed by atoms with Gasteiger partial charge in [0.15, 0.2) is 5.82 Å². The molecule has 2 N–H and O–H groups in total. The van der Waals surface area contributed by atoms with Crippen molar-refractivity contribution in [3.8, 4) is 0 Å². The van der Waals surface area contributed by atoms with Gasteiger partial charge in [-0.05, 0) is 5.56 Å². The molecule has 1 saturated heterocycles. The lowest BCUT2D eigenvalue weighted by atomic mass is 10.0. The van der Waals surface area contributed by atoms with E-state index in [1.165, 1.54) is 5.56 Å². The second-order valence-electron chi connectivity index (χ2n) is 4.87. The molecule has 6 nitrogen and oxygen atoms in total. The zero-order valence-corrected chi connectivity index (χ0v) is 11.9. The van der Waals surface area contributed by atoms with Crippen molar-refractivity contribution in [2.75, 3.05) is 13.1 Å². The van der Waals surface area contributed by atoms with Crippen LogP contribution in [0.15, 0.2) is 34.9 Å². The first-order valence-corrected chi connectivity index (χ1v) is 6.73. The number of carboxylic acids is 1. The Hall–Kier alpha value is -2.42. The van der Waals surface area contributed by atoms with E-state index in [0.29, 0.717) is 5.92 Å². The lowest BCUT2D eigenvalue weighted by Crippen LogP contribution is -2.40. The summed E-state index contributed by atoms with van der Waals surface area (Å²) < 4.78 is 37.0. The topological polar surface area (TPSA) is 88.2 Å². The highest BCUT2D eigenvalue weighted by Gasteiger charge is 2.38. The van der Waals surface area contributed by atoms with Crippen LogP contribution in [0.3, 0.4) is 0 Å². The van der Waals surface area contributed by atoms with Gasteiger partial charge < -0.3 is 14.9 Å². The van der Waals surface area contributed by atoms with Crippen LogP contribution in [0.1, 0.15) is 23.2 Å². The molecule has 2 aromatic rings. The number of carboxylic acid groups (broad SMARTS) is 1. The molecule has 23 heavy (non-hydrogen) atoms. The molecule has 3 rings (SSSR count). The van der Waals surface area contributed by atoms with Gasteiger partial charge in [-0.1, -0.05) is 35.5 Å². The SMILES string of the molecule is O=C(O)C(F)(F)F.c1ccc(Cc2noc(C3CNC3)n2)cc1. The molecule has 1 aliphatic rings. The molecule has 124 valence electrons. The van der Waals surface area contributed by atoms with Gasteiger partial charge in [-0.15, -0.1) is 0 Å². The fraction of sp³-hybridized carbons (Fsp3) is 0.357. The second-order valence-corrected chi connectivity index (χ2v) is 4.87. The highest BCUT2D eigenvalue weighted by molar-refractivity contribution is 5.73. The van der Waals surface area contributed by atoms with E-state index in [-0.39, 0.29) is 0 Å². The fourth-order valence-electron chi connectivity index (χ4n) is 1.75. The van der Waals surface area contributed by atoms with Crippen LogP contribution in [0.25, 0.3) is 0 Å². The number of alkyl halides is 3. The number of rotatable bonds is 3. The van der Waals surface area contributed by atoms with Crippen molar-refractivity contribution in [1.29, 1.82) is 0 Å². The third kappa shape index (κ3) is 5.06. The summed E-state index contributed by atoms with van der Waals surface area (Å²) in [4.78, 5) is 13.3. The largest absolute Gasteiger partial charge is 0.490 e. The van der Waals surface area contributed by atoms with Crippen molar-refractivity contribution in [2.24, 2.45) is 0 Å². The van der Waals surface area contributed by atoms with Gasteiger partial charge >= 0.3 is 12.1 Å². The number of hydrogen-bond acceptors (Lipinski definition) is 5. The summed E-state index contributed by atoms with van der Waals surface area (Å²) >= 11 is 0. The monoisotopic (exact) mass is 329 g/mol. The average molecular weight is 329 g/mol. The van der Waals surface area contributed by atoms with E-state index < -0.39 is 12.1 Å². The first-order chi connectivity index (χ1) is 10.9. The second kappa shape index (κ2) is 7.23. The molecule has 0 bridgehead atoms. The van der Waals surface area contributed by atoms with Crippen LogP contribution in [-0.2, 0) is 11.2 Å². The van der Waals surface area contributed by atoms with Crippen LogP contribution < -0.4 is 5.32 Å². The zero-order chi connectivity index (χ0) is 16.9. The van der Waals surface area contributed by atoms with Crippen molar-refractivity contribution in [3.05, 3.63) is 47.6 Å². The molecule has 9 heteroatoms. The molecular weight excluding hydrogens is 315 g/mol. The van der Waals surface area contributed by atoms with Gasteiger partial charge in [0.1, 0.15) is 0 Å². The number of aromatic nitrogens is 2. The number of hydrogen-bond donors (Lipinski definition) is 2. The van der Waals surface area contributed by atoms with Crippen LogP contribution >= 0.6 is 0 Å². The molecule has 0 radical (unpaired) electrons. The molecule has 0 unspecified atom stereocenters. The van der Waals surface area contributed by atoms with Crippen molar-refractivity contribution < 1.29 is 27.6 Å². The van der Waals surface area contributed by atoms with Crippen molar-refractivity contribution in [3.63, 3.8) is 0 Å². The standard InChI is InChI=1S/C12H13N3O.C2HF3O2/c1-2-4-9(5-3-1)6-11-14-12(16-15-11)10-7-13-8-10;3-2(4,5)1(6)7/h1-5,10,13H,6-8H2;(H,6,7). The minimum absolute atomic E-state index is 0.414. The van der Waals surface area contributed by atoms with Crippen molar-refractivity contribution in [2.45, 2.75) is 18.5 Å². The van der Waals surface area contributed by atoms with E-state index in [9.17, 15) is 13.2 Å². The molecule has 1 aromatic heterocycles. The van der Waals surface area contributed by atoms with Crippen LogP contribution in [0.5, 0.6) is 0 Å².